The average Bonchev–Trinajstić information content (AvgIpc) is 3.05. The fraction of sp³-hybridized carbons (Fsp3) is 0.450. The molecule has 8 heteroatoms. The van der Waals surface area contributed by atoms with Gasteiger partial charge in [0.25, 0.3) is 0 Å². The van der Waals surface area contributed by atoms with Gasteiger partial charge in [0.05, 0.1) is 17.9 Å². The molecule has 0 amide bonds. The van der Waals surface area contributed by atoms with Crippen molar-refractivity contribution in [3.63, 3.8) is 0 Å². The van der Waals surface area contributed by atoms with E-state index in [0.717, 1.165) is 23.5 Å². The minimum absolute atomic E-state index is 0.130. The molecule has 154 valence electrons. The maximum atomic E-state index is 12.4. The molecule has 0 aliphatic heterocycles. The number of amidine groups is 1. The number of nitrogens with zero attached hydrogens (tertiary/aromatic N) is 1. The van der Waals surface area contributed by atoms with Gasteiger partial charge in [-0.2, -0.15) is 12.8 Å². The summed E-state index contributed by atoms with van der Waals surface area (Å²) in [5.41, 5.74) is 1.37. The Morgan fingerprint density at radius 3 is 2.14 bits per heavy atom. The van der Waals surface area contributed by atoms with Gasteiger partial charge in [-0.25, -0.2) is 0 Å². The lowest BCUT2D eigenvalue weighted by Gasteiger charge is -2.23. The van der Waals surface area contributed by atoms with Crippen molar-refractivity contribution >= 4 is 21.7 Å². The summed E-state index contributed by atoms with van der Waals surface area (Å²) in [6, 6.07) is 5.85. The van der Waals surface area contributed by atoms with Gasteiger partial charge in [-0.15, -0.1) is 0 Å². The van der Waals surface area contributed by atoms with E-state index in [9.17, 15) is 18.6 Å². The van der Waals surface area contributed by atoms with Crippen LogP contribution in [0.1, 0.15) is 70.1 Å². The van der Waals surface area contributed by atoms with E-state index in [1.54, 1.807) is 0 Å². The highest BCUT2D eigenvalue weighted by Gasteiger charge is 2.24. The van der Waals surface area contributed by atoms with Crippen LogP contribution in [-0.2, 0) is 15.6 Å². The van der Waals surface area contributed by atoms with Crippen molar-refractivity contribution in [2.45, 2.75) is 64.1 Å². The van der Waals surface area contributed by atoms with Crippen LogP contribution >= 0.6 is 0 Å². The first kappa shape index (κ1) is 22.0. The van der Waals surface area contributed by atoms with E-state index in [4.69, 9.17) is 4.42 Å². The summed E-state index contributed by atoms with van der Waals surface area (Å²) in [5, 5.41) is 24.5. The molecule has 1 aromatic carbocycles. The maximum absolute atomic E-state index is 12.4. The number of benzene rings is 1. The van der Waals surface area contributed by atoms with E-state index in [1.165, 1.54) is 13.8 Å². The van der Waals surface area contributed by atoms with Crippen molar-refractivity contribution in [3.8, 4) is 0 Å². The molecule has 0 aliphatic rings. The minimum Gasteiger partial charge on any atom is -0.845 e. The van der Waals surface area contributed by atoms with Crippen molar-refractivity contribution in [2.75, 3.05) is 5.32 Å². The van der Waals surface area contributed by atoms with Crippen molar-refractivity contribution < 1.29 is 23.0 Å². The van der Waals surface area contributed by atoms with Crippen LogP contribution in [0.25, 0.3) is 0 Å². The Morgan fingerprint density at radius 1 is 1.18 bits per heavy atom. The molecule has 0 atom stereocenters. The van der Waals surface area contributed by atoms with Gasteiger partial charge in [-0.1, -0.05) is 45.9 Å². The molecule has 1 heterocycles. The van der Waals surface area contributed by atoms with Gasteiger partial charge < -0.3 is 19.9 Å². The van der Waals surface area contributed by atoms with Crippen LogP contribution in [-0.4, -0.2) is 19.5 Å². The van der Waals surface area contributed by atoms with Gasteiger partial charge in [-0.3, -0.25) is 0 Å². The first-order valence-corrected chi connectivity index (χ1v) is 10.5. The van der Waals surface area contributed by atoms with Crippen LogP contribution in [0.15, 0.2) is 44.4 Å². The quantitative estimate of drug-likeness (QED) is 0.561. The highest BCUT2D eigenvalue weighted by Crippen LogP contribution is 2.32. The van der Waals surface area contributed by atoms with Gasteiger partial charge in [0.1, 0.15) is 0 Å². The van der Waals surface area contributed by atoms with E-state index in [2.05, 4.69) is 9.71 Å². The molecular weight excluding hydrogens is 380 g/mol. The molecule has 0 fully saturated rings. The summed E-state index contributed by atoms with van der Waals surface area (Å²) >= 11 is 0. The van der Waals surface area contributed by atoms with Gasteiger partial charge in [-0.05, 0) is 36.8 Å². The number of para-hydroxylation sites is 1. The predicted octanol–water partition coefficient (Wildman–Crippen LogP) is 3.27. The predicted molar refractivity (Wildman–Crippen MR) is 107 cm³/mol. The third-order valence-electron chi connectivity index (χ3n) is 4.34. The summed E-state index contributed by atoms with van der Waals surface area (Å²) in [5.74, 6) is 0.259. The van der Waals surface area contributed by atoms with E-state index in [1.807, 2.05) is 45.9 Å². The second kappa shape index (κ2) is 7.97. The Kier molecular flexibility index (Phi) is 6.25. The summed E-state index contributed by atoms with van der Waals surface area (Å²) in [6.45, 7) is 10.9. The molecule has 2 aromatic rings. The van der Waals surface area contributed by atoms with E-state index in [0.29, 0.717) is 5.69 Å². The lowest BCUT2D eigenvalue weighted by atomic mass is 9.93. The molecule has 1 aromatic heterocycles. The number of aliphatic hydroxyl groups is 1. The zero-order valence-corrected chi connectivity index (χ0v) is 17.8. The van der Waals surface area contributed by atoms with E-state index < -0.39 is 26.7 Å². The molecule has 2 rings (SSSR count). The number of furan rings is 1. The first-order chi connectivity index (χ1) is 12.8. The number of nitrogens with one attached hydrogen (secondary N) is 1. The smallest absolute Gasteiger partial charge is 0.316 e. The molecule has 0 unspecified atom stereocenters. The highest BCUT2D eigenvalue weighted by atomic mass is 32.2. The Labute approximate surface area is 166 Å². The van der Waals surface area contributed by atoms with Crippen LogP contribution in [0, 0.1) is 0 Å². The molecular formula is C20H27N2O5S-. The van der Waals surface area contributed by atoms with E-state index in [-0.39, 0.29) is 17.4 Å². The highest BCUT2D eigenvalue weighted by molar-refractivity contribution is 7.90. The Morgan fingerprint density at radius 2 is 1.71 bits per heavy atom. The van der Waals surface area contributed by atoms with Crippen molar-refractivity contribution in [1.29, 1.82) is 0 Å². The van der Waals surface area contributed by atoms with E-state index >= 15 is 0 Å². The standard InChI is InChI=1S/C20H28N2O5S/c1-12(2)15-8-7-9-16(13(3)4)18(15)21-19(23)22-28(25,26)17-10-14(11-27-17)20(5,6)24/h7-13,24H,1-6H3,(H2,21,22,23)/p-1. The average molecular weight is 408 g/mol. The number of hydrogen-bond acceptors (Lipinski definition) is 5. The lowest BCUT2D eigenvalue weighted by Crippen LogP contribution is -2.29. The Balaban J connectivity index is 2.40. The van der Waals surface area contributed by atoms with Crippen molar-refractivity contribution in [2.24, 2.45) is 4.40 Å². The molecule has 2 N–H and O–H groups in total. The lowest BCUT2D eigenvalue weighted by molar-refractivity contribution is -0.213. The third kappa shape index (κ3) is 4.94. The molecule has 7 nitrogen and oxygen atoms in total. The third-order valence-corrected chi connectivity index (χ3v) is 5.47. The van der Waals surface area contributed by atoms with Gasteiger partial charge in [0.2, 0.25) is 5.09 Å². The van der Waals surface area contributed by atoms with Crippen molar-refractivity contribution in [3.05, 3.63) is 47.2 Å². The van der Waals surface area contributed by atoms with Crippen LogP contribution < -0.4 is 10.4 Å². The summed E-state index contributed by atoms with van der Waals surface area (Å²) < 4.78 is 33.1. The number of anilines is 1. The molecule has 0 bridgehead atoms. The molecule has 0 aliphatic carbocycles. The van der Waals surface area contributed by atoms with Crippen LogP contribution in [0.5, 0.6) is 0 Å². The molecule has 0 radical (unpaired) electrons. The van der Waals surface area contributed by atoms with Crippen LogP contribution in [0.3, 0.4) is 0 Å². The van der Waals surface area contributed by atoms with Crippen molar-refractivity contribution in [1.82, 2.24) is 0 Å². The monoisotopic (exact) mass is 407 g/mol. The summed E-state index contributed by atoms with van der Waals surface area (Å²) in [4.78, 5) is 0. The second-order valence-corrected chi connectivity index (χ2v) is 9.37. The minimum atomic E-state index is -4.35. The SMILES string of the molecule is CC(C)c1cccc(C(C)C)c1N/C([O-])=N/S(=O)(=O)c1cc(C(C)(C)O)co1. The van der Waals surface area contributed by atoms with Crippen LogP contribution in [0.4, 0.5) is 5.69 Å². The zero-order valence-electron chi connectivity index (χ0n) is 17.0. The van der Waals surface area contributed by atoms with Gasteiger partial charge in [0.15, 0.2) is 0 Å². The first-order valence-electron chi connectivity index (χ1n) is 9.06. The van der Waals surface area contributed by atoms with Gasteiger partial charge >= 0.3 is 10.0 Å². The van der Waals surface area contributed by atoms with Crippen LogP contribution in [0.2, 0.25) is 0 Å². The molecule has 0 spiro atoms. The summed E-state index contributed by atoms with van der Waals surface area (Å²) in [6.07, 6.45) is 1.13. The molecule has 0 saturated carbocycles. The fourth-order valence-corrected chi connectivity index (χ4v) is 3.55. The second-order valence-electron chi connectivity index (χ2n) is 7.83. The number of rotatable bonds is 6. The Hall–Kier alpha value is -2.32. The number of hydrogen-bond donors (Lipinski definition) is 2. The zero-order chi connectivity index (χ0) is 21.3. The summed E-state index contributed by atoms with van der Waals surface area (Å²) in [7, 11) is -4.35. The Bertz CT molecular complexity index is 940. The molecule has 0 saturated heterocycles. The largest absolute Gasteiger partial charge is 0.845 e. The maximum Gasteiger partial charge on any atom is 0.316 e. The van der Waals surface area contributed by atoms with Gasteiger partial charge in [0, 0.05) is 17.3 Å². The topological polar surface area (TPSA) is 115 Å². The number of sulfonamides is 1. The molecule has 28 heavy (non-hydrogen) atoms. The fourth-order valence-electron chi connectivity index (χ4n) is 2.75. The normalized spacial score (nSPS) is 13.4.